The van der Waals surface area contributed by atoms with Crippen LogP contribution in [0.1, 0.15) is 30.2 Å². The minimum absolute atomic E-state index is 0.264. The Kier molecular flexibility index (Phi) is 4.50. The molecule has 1 N–H and O–H groups in total. The molecule has 1 aromatic rings. The van der Waals surface area contributed by atoms with E-state index in [4.69, 9.17) is 0 Å². The fourth-order valence-corrected chi connectivity index (χ4v) is 3.00. The van der Waals surface area contributed by atoms with Crippen LogP contribution in [0.15, 0.2) is 11.6 Å². The van der Waals surface area contributed by atoms with Gasteiger partial charge in [0.15, 0.2) is 0 Å². The minimum Gasteiger partial charge on any atom is -0.342 e. The van der Waals surface area contributed by atoms with Crippen LogP contribution in [0, 0.1) is 0 Å². The Morgan fingerprint density at radius 3 is 3.29 bits per heavy atom. The summed E-state index contributed by atoms with van der Waals surface area (Å²) in [5, 5.41) is 6.21. The van der Waals surface area contributed by atoms with E-state index in [0.717, 1.165) is 32.5 Å². The Morgan fingerprint density at radius 2 is 2.59 bits per heavy atom. The fraction of sp³-hybridized carbons (Fsp3) is 0.667. The van der Waals surface area contributed by atoms with Gasteiger partial charge in [0.2, 0.25) is 5.91 Å². The van der Waals surface area contributed by atoms with Crippen LogP contribution in [0.3, 0.4) is 0 Å². The lowest BCUT2D eigenvalue weighted by Gasteiger charge is -2.31. The first kappa shape index (κ1) is 12.5. The maximum Gasteiger partial charge on any atom is 0.223 e. The maximum absolute atomic E-state index is 11.9. The number of carbonyl (C=O) groups excluding carboxylic acids is 1. The zero-order valence-electron chi connectivity index (χ0n) is 10.2. The molecule has 1 aliphatic rings. The number of amides is 1. The zero-order chi connectivity index (χ0) is 12.1. The van der Waals surface area contributed by atoms with Gasteiger partial charge in [-0.2, -0.15) is 0 Å². The highest BCUT2D eigenvalue weighted by molar-refractivity contribution is 7.09. The summed E-state index contributed by atoms with van der Waals surface area (Å²) >= 11 is 1.70. The number of piperidine rings is 1. The molecule has 1 aromatic heterocycles. The number of hydrogen-bond acceptors (Lipinski definition) is 4. The van der Waals surface area contributed by atoms with Crippen molar-refractivity contribution in [1.82, 2.24) is 15.2 Å². The van der Waals surface area contributed by atoms with Gasteiger partial charge in [-0.25, -0.2) is 4.98 Å². The van der Waals surface area contributed by atoms with Gasteiger partial charge in [-0.15, -0.1) is 11.3 Å². The molecular weight excluding hydrogens is 234 g/mol. The minimum atomic E-state index is 0.264. The molecule has 2 rings (SSSR count). The highest BCUT2D eigenvalue weighted by Crippen LogP contribution is 2.28. The third-order valence-corrected chi connectivity index (χ3v) is 4.10. The molecule has 5 heteroatoms. The molecule has 4 nitrogen and oxygen atoms in total. The van der Waals surface area contributed by atoms with Crippen LogP contribution >= 0.6 is 11.3 Å². The molecule has 0 aliphatic carbocycles. The molecule has 1 fully saturated rings. The number of carbonyl (C=O) groups is 1. The van der Waals surface area contributed by atoms with E-state index in [9.17, 15) is 4.79 Å². The predicted molar refractivity (Wildman–Crippen MR) is 69.2 cm³/mol. The van der Waals surface area contributed by atoms with Crippen LogP contribution < -0.4 is 5.32 Å². The highest BCUT2D eigenvalue weighted by Gasteiger charge is 2.25. The van der Waals surface area contributed by atoms with Crippen LogP contribution in [0.5, 0.6) is 0 Å². The zero-order valence-corrected chi connectivity index (χ0v) is 11.0. The Morgan fingerprint density at radius 1 is 1.71 bits per heavy atom. The van der Waals surface area contributed by atoms with Crippen molar-refractivity contribution in [3.8, 4) is 0 Å². The Hall–Kier alpha value is -0.940. The lowest BCUT2D eigenvalue weighted by molar-refractivity contribution is -0.132. The van der Waals surface area contributed by atoms with Crippen molar-refractivity contribution >= 4 is 17.2 Å². The third-order valence-electron chi connectivity index (χ3n) is 3.16. The molecule has 1 atom stereocenters. The lowest BCUT2D eigenvalue weighted by atomic mass is 9.98. The fourth-order valence-electron chi connectivity index (χ4n) is 2.23. The van der Waals surface area contributed by atoms with E-state index in [2.05, 4.69) is 10.3 Å². The molecule has 17 heavy (non-hydrogen) atoms. The molecule has 2 heterocycles. The molecule has 0 aromatic carbocycles. The van der Waals surface area contributed by atoms with E-state index < -0.39 is 0 Å². The monoisotopic (exact) mass is 253 g/mol. The summed E-state index contributed by atoms with van der Waals surface area (Å²) in [5.41, 5.74) is 0. The Balaban J connectivity index is 1.90. The number of hydrogen-bond donors (Lipinski definition) is 1. The summed E-state index contributed by atoms with van der Waals surface area (Å²) in [6, 6.07) is 0. The first-order chi connectivity index (χ1) is 8.31. The number of likely N-dealkylation sites (tertiary alicyclic amines) is 1. The first-order valence-electron chi connectivity index (χ1n) is 6.13. The van der Waals surface area contributed by atoms with Gasteiger partial charge in [-0.1, -0.05) is 0 Å². The SMILES string of the molecule is CNCCC(=O)N1CCCC(c2nccs2)C1. The summed E-state index contributed by atoms with van der Waals surface area (Å²) in [4.78, 5) is 18.3. The van der Waals surface area contributed by atoms with E-state index >= 15 is 0 Å². The Labute approximate surface area is 106 Å². The second kappa shape index (κ2) is 6.12. The number of nitrogens with zero attached hydrogens (tertiary/aromatic N) is 2. The molecule has 0 saturated carbocycles. The second-order valence-corrected chi connectivity index (χ2v) is 5.33. The quantitative estimate of drug-likeness (QED) is 0.883. The van der Waals surface area contributed by atoms with Crippen LogP contribution in [-0.4, -0.2) is 42.5 Å². The normalized spacial score (nSPS) is 20.5. The van der Waals surface area contributed by atoms with Crippen LogP contribution in [0.2, 0.25) is 0 Å². The third kappa shape index (κ3) is 3.26. The van der Waals surface area contributed by atoms with Crippen molar-refractivity contribution in [3.05, 3.63) is 16.6 Å². The summed E-state index contributed by atoms with van der Waals surface area (Å²) < 4.78 is 0. The van der Waals surface area contributed by atoms with E-state index in [1.165, 1.54) is 5.01 Å². The molecular formula is C12H19N3OS. The molecule has 0 radical (unpaired) electrons. The number of rotatable bonds is 4. The first-order valence-corrected chi connectivity index (χ1v) is 7.01. The predicted octanol–water partition coefficient (Wildman–Crippen LogP) is 1.46. The van der Waals surface area contributed by atoms with Gasteiger partial charge in [0.25, 0.3) is 0 Å². The van der Waals surface area contributed by atoms with Crippen molar-refractivity contribution < 1.29 is 4.79 Å². The van der Waals surface area contributed by atoms with E-state index in [-0.39, 0.29) is 5.91 Å². The molecule has 0 spiro atoms. The molecule has 1 unspecified atom stereocenters. The van der Waals surface area contributed by atoms with Gasteiger partial charge in [-0.3, -0.25) is 4.79 Å². The maximum atomic E-state index is 11.9. The topological polar surface area (TPSA) is 45.2 Å². The van der Waals surface area contributed by atoms with E-state index in [1.807, 2.05) is 23.5 Å². The number of nitrogens with one attached hydrogen (secondary N) is 1. The average molecular weight is 253 g/mol. The number of aromatic nitrogens is 1. The van der Waals surface area contributed by atoms with Crippen LogP contribution in [0.25, 0.3) is 0 Å². The molecule has 1 saturated heterocycles. The van der Waals surface area contributed by atoms with Gasteiger partial charge in [0.1, 0.15) is 0 Å². The van der Waals surface area contributed by atoms with Crippen molar-refractivity contribution in [2.24, 2.45) is 0 Å². The lowest BCUT2D eigenvalue weighted by Crippen LogP contribution is -2.40. The Bertz CT molecular complexity index is 353. The smallest absolute Gasteiger partial charge is 0.223 e. The molecule has 1 aliphatic heterocycles. The average Bonchev–Trinajstić information content (AvgIpc) is 2.90. The van der Waals surface area contributed by atoms with Gasteiger partial charge >= 0.3 is 0 Å². The number of thiazole rings is 1. The highest BCUT2D eigenvalue weighted by atomic mass is 32.1. The van der Waals surface area contributed by atoms with Crippen LogP contribution in [0.4, 0.5) is 0 Å². The van der Waals surface area contributed by atoms with Gasteiger partial charge in [0, 0.05) is 43.5 Å². The van der Waals surface area contributed by atoms with Gasteiger partial charge < -0.3 is 10.2 Å². The standard InChI is InChI=1S/C12H19N3OS/c1-13-5-4-11(16)15-7-2-3-10(9-15)12-14-6-8-17-12/h6,8,10,13H,2-5,7,9H2,1H3. The second-order valence-electron chi connectivity index (χ2n) is 4.40. The molecule has 1 amide bonds. The van der Waals surface area contributed by atoms with Crippen molar-refractivity contribution in [3.63, 3.8) is 0 Å². The summed E-state index contributed by atoms with van der Waals surface area (Å²) in [7, 11) is 1.88. The summed E-state index contributed by atoms with van der Waals surface area (Å²) in [6.07, 6.45) is 4.70. The van der Waals surface area contributed by atoms with Crippen molar-refractivity contribution in [1.29, 1.82) is 0 Å². The summed E-state index contributed by atoms with van der Waals surface area (Å²) in [5.74, 6) is 0.711. The van der Waals surface area contributed by atoms with Gasteiger partial charge in [0.05, 0.1) is 5.01 Å². The van der Waals surface area contributed by atoms with Gasteiger partial charge in [-0.05, 0) is 19.9 Å². The molecule has 0 bridgehead atoms. The molecule has 94 valence electrons. The van der Waals surface area contributed by atoms with E-state index in [0.29, 0.717) is 12.3 Å². The summed E-state index contributed by atoms with van der Waals surface area (Å²) in [6.45, 7) is 2.51. The van der Waals surface area contributed by atoms with Crippen LogP contribution in [-0.2, 0) is 4.79 Å². The van der Waals surface area contributed by atoms with Crippen molar-refractivity contribution in [2.75, 3.05) is 26.7 Å². The van der Waals surface area contributed by atoms with E-state index in [1.54, 1.807) is 11.3 Å². The largest absolute Gasteiger partial charge is 0.342 e. The van der Waals surface area contributed by atoms with Crippen molar-refractivity contribution in [2.45, 2.75) is 25.2 Å².